The zero-order valence-corrected chi connectivity index (χ0v) is 7.61. The first-order chi connectivity index (χ1) is 6.77. The number of rotatable bonds is 2. The number of hydrogen-bond donors (Lipinski definition) is 2. The zero-order chi connectivity index (χ0) is 9.97. The van der Waals surface area contributed by atoms with Crippen LogP contribution in [0.1, 0.15) is 0 Å². The van der Waals surface area contributed by atoms with Gasteiger partial charge in [-0.15, -0.1) is 0 Å². The quantitative estimate of drug-likeness (QED) is 0.743. The Labute approximate surface area is 81.5 Å². The molecule has 4 heteroatoms. The molecular formula is C10H12FNO2. The molecule has 2 N–H and O–H groups in total. The Morgan fingerprint density at radius 1 is 1.36 bits per heavy atom. The molecule has 0 unspecified atom stereocenters. The molecule has 1 aromatic carbocycles. The van der Waals surface area contributed by atoms with E-state index in [1.165, 1.54) is 6.07 Å². The summed E-state index contributed by atoms with van der Waals surface area (Å²) >= 11 is 0. The van der Waals surface area contributed by atoms with Crippen molar-refractivity contribution in [3.05, 3.63) is 30.1 Å². The normalized spacial score (nSPS) is 26.4. The van der Waals surface area contributed by atoms with Gasteiger partial charge in [-0.05, 0) is 12.1 Å². The molecule has 0 amide bonds. The Morgan fingerprint density at radius 2 is 2.14 bits per heavy atom. The number of para-hydroxylation sites is 1. The third-order valence-electron chi connectivity index (χ3n) is 2.27. The van der Waals surface area contributed by atoms with Crippen LogP contribution < -0.4 is 5.32 Å². The van der Waals surface area contributed by atoms with Crippen LogP contribution in [0.2, 0.25) is 0 Å². The van der Waals surface area contributed by atoms with E-state index in [9.17, 15) is 9.50 Å². The molecule has 0 spiro atoms. The summed E-state index contributed by atoms with van der Waals surface area (Å²) in [5.74, 6) is -0.313. The van der Waals surface area contributed by atoms with Gasteiger partial charge in [0, 0.05) is 0 Å². The predicted molar refractivity (Wildman–Crippen MR) is 50.6 cm³/mol. The minimum Gasteiger partial charge on any atom is -0.388 e. The Kier molecular flexibility index (Phi) is 2.65. The standard InChI is InChI=1S/C10H12FNO2/c11-7-3-1-2-4-8(7)12-9-5-14-6-10(9)13/h1-4,9-10,12-13H,5-6H2/t9-,10-/m0/s1. The van der Waals surface area contributed by atoms with Crippen LogP contribution in [0, 0.1) is 5.82 Å². The first-order valence-electron chi connectivity index (χ1n) is 4.54. The highest BCUT2D eigenvalue weighted by Crippen LogP contribution is 2.17. The number of hydrogen-bond acceptors (Lipinski definition) is 3. The van der Waals surface area contributed by atoms with Gasteiger partial charge in [-0.1, -0.05) is 12.1 Å². The number of ether oxygens (including phenoxy) is 1. The van der Waals surface area contributed by atoms with Gasteiger partial charge in [0.05, 0.1) is 31.0 Å². The molecule has 0 radical (unpaired) electrons. The van der Waals surface area contributed by atoms with E-state index in [-0.39, 0.29) is 11.9 Å². The smallest absolute Gasteiger partial charge is 0.146 e. The minimum atomic E-state index is -0.561. The molecule has 3 nitrogen and oxygen atoms in total. The second kappa shape index (κ2) is 3.94. The molecule has 2 rings (SSSR count). The molecule has 1 heterocycles. The van der Waals surface area contributed by atoms with Crippen molar-refractivity contribution in [1.82, 2.24) is 0 Å². The van der Waals surface area contributed by atoms with Crippen LogP contribution in [0.4, 0.5) is 10.1 Å². The minimum absolute atomic E-state index is 0.216. The SMILES string of the molecule is O[C@H]1COC[C@@H]1Nc1ccccc1F. The van der Waals surface area contributed by atoms with Gasteiger partial charge < -0.3 is 15.2 Å². The fourth-order valence-electron chi connectivity index (χ4n) is 1.46. The summed E-state index contributed by atoms with van der Waals surface area (Å²) in [6, 6.07) is 6.17. The third kappa shape index (κ3) is 1.86. The highest BCUT2D eigenvalue weighted by molar-refractivity contribution is 5.45. The van der Waals surface area contributed by atoms with Crippen molar-refractivity contribution in [2.45, 2.75) is 12.1 Å². The largest absolute Gasteiger partial charge is 0.388 e. The summed E-state index contributed by atoms with van der Waals surface area (Å²) in [5, 5.41) is 12.3. The lowest BCUT2D eigenvalue weighted by Gasteiger charge is -2.16. The van der Waals surface area contributed by atoms with Gasteiger partial charge in [0.1, 0.15) is 5.82 Å². The van der Waals surface area contributed by atoms with E-state index in [2.05, 4.69) is 5.32 Å². The van der Waals surface area contributed by atoms with Crippen molar-refractivity contribution in [3.63, 3.8) is 0 Å². The van der Waals surface area contributed by atoms with E-state index in [1.54, 1.807) is 18.2 Å². The molecule has 0 bridgehead atoms. The number of aliphatic hydroxyl groups excluding tert-OH is 1. The zero-order valence-electron chi connectivity index (χ0n) is 7.61. The Morgan fingerprint density at radius 3 is 2.79 bits per heavy atom. The average molecular weight is 197 g/mol. The van der Waals surface area contributed by atoms with Gasteiger partial charge in [0.15, 0.2) is 0 Å². The molecule has 76 valence electrons. The molecule has 0 aliphatic carbocycles. The van der Waals surface area contributed by atoms with E-state index in [4.69, 9.17) is 4.74 Å². The molecule has 1 fully saturated rings. The summed E-state index contributed by atoms with van der Waals surface area (Å²) < 4.78 is 18.2. The monoisotopic (exact) mass is 197 g/mol. The van der Waals surface area contributed by atoms with E-state index in [0.29, 0.717) is 18.9 Å². The number of nitrogens with one attached hydrogen (secondary N) is 1. The molecule has 1 aliphatic rings. The van der Waals surface area contributed by atoms with E-state index >= 15 is 0 Å². The van der Waals surface area contributed by atoms with Crippen molar-refractivity contribution >= 4 is 5.69 Å². The highest BCUT2D eigenvalue weighted by atomic mass is 19.1. The second-order valence-electron chi connectivity index (χ2n) is 3.34. The average Bonchev–Trinajstić information content (AvgIpc) is 2.56. The van der Waals surface area contributed by atoms with Crippen LogP contribution in [-0.2, 0) is 4.74 Å². The lowest BCUT2D eigenvalue weighted by atomic mass is 10.2. The van der Waals surface area contributed by atoms with Gasteiger partial charge >= 0.3 is 0 Å². The van der Waals surface area contributed by atoms with Gasteiger partial charge in [0.25, 0.3) is 0 Å². The van der Waals surface area contributed by atoms with Crippen molar-refractivity contribution < 1.29 is 14.2 Å². The maximum absolute atomic E-state index is 13.2. The Balaban J connectivity index is 2.07. The first kappa shape index (κ1) is 9.43. The second-order valence-corrected chi connectivity index (χ2v) is 3.34. The summed E-state index contributed by atoms with van der Waals surface area (Å²) in [5.41, 5.74) is 0.405. The summed E-state index contributed by atoms with van der Waals surface area (Å²) in [6.07, 6.45) is -0.561. The van der Waals surface area contributed by atoms with Crippen LogP contribution in [0.5, 0.6) is 0 Å². The Hall–Kier alpha value is -1.13. The fraction of sp³-hybridized carbons (Fsp3) is 0.400. The van der Waals surface area contributed by atoms with E-state index in [1.807, 2.05) is 0 Å². The molecule has 1 aliphatic heterocycles. The van der Waals surface area contributed by atoms with E-state index in [0.717, 1.165) is 0 Å². The molecule has 1 aromatic rings. The number of aliphatic hydroxyl groups is 1. The predicted octanol–water partition coefficient (Wildman–Crippen LogP) is 0.997. The number of benzene rings is 1. The highest BCUT2D eigenvalue weighted by Gasteiger charge is 2.26. The molecule has 14 heavy (non-hydrogen) atoms. The van der Waals surface area contributed by atoms with Crippen LogP contribution in [-0.4, -0.2) is 30.5 Å². The summed E-state index contributed by atoms with van der Waals surface area (Å²) in [4.78, 5) is 0. The molecule has 0 aromatic heterocycles. The lowest BCUT2D eigenvalue weighted by Crippen LogP contribution is -2.32. The molecule has 2 atom stereocenters. The van der Waals surface area contributed by atoms with E-state index < -0.39 is 6.10 Å². The van der Waals surface area contributed by atoms with Gasteiger partial charge in [-0.2, -0.15) is 0 Å². The summed E-state index contributed by atoms with van der Waals surface area (Å²) in [6.45, 7) is 0.724. The van der Waals surface area contributed by atoms with Gasteiger partial charge in [-0.25, -0.2) is 4.39 Å². The van der Waals surface area contributed by atoms with Crippen LogP contribution in [0.3, 0.4) is 0 Å². The molecule has 0 saturated carbocycles. The van der Waals surface area contributed by atoms with Crippen LogP contribution in [0.15, 0.2) is 24.3 Å². The van der Waals surface area contributed by atoms with Crippen molar-refractivity contribution in [2.75, 3.05) is 18.5 Å². The fourth-order valence-corrected chi connectivity index (χ4v) is 1.46. The van der Waals surface area contributed by atoms with Crippen LogP contribution >= 0.6 is 0 Å². The first-order valence-corrected chi connectivity index (χ1v) is 4.54. The lowest BCUT2D eigenvalue weighted by molar-refractivity contribution is 0.125. The molecular weight excluding hydrogens is 185 g/mol. The van der Waals surface area contributed by atoms with Gasteiger partial charge in [-0.3, -0.25) is 0 Å². The number of anilines is 1. The maximum Gasteiger partial charge on any atom is 0.146 e. The van der Waals surface area contributed by atoms with Crippen molar-refractivity contribution in [2.24, 2.45) is 0 Å². The maximum atomic E-state index is 13.2. The molecule has 1 saturated heterocycles. The van der Waals surface area contributed by atoms with Crippen molar-refractivity contribution in [3.8, 4) is 0 Å². The van der Waals surface area contributed by atoms with Crippen molar-refractivity contribution in [1.29, 1.82) is 0 Å². The third-order valence-corrected chi connectivity index (χ3v) is 2.27. The van der Waals surface area contributed by atoms with Gasteiger partial charge in [0.2, 0.25) is 0 Å². The van der Waals surface area contributed by atoms with Crippen LogP contribution in [0.25, 0.3) is 0 Å². The summed E-state index contributed by atoms with van der Waals surface area (Å²) in [7, 11) is 0. The topological polar surface area (TPSA) is 41.5 Å². The number of halogens is 1. The Bertz CT molecular complexity index is 319.